The number of methoxy groups -OCH3 is 2. The lowest BCUT2D eigenvalue weighted by Crippen LogP contribution is -2.26. The zero-order chi connectivity index (χ0) is 22.6. The summed E-state index contributed by atoms with van der Waals surface area (Å²) in [5, 5.41) is 3.09. The van der Waals surface area contributed by atoms with E-state index in [0.29, 0.717) is 0 Å². The molecule has 0 aliphatic carbocycles. The third-order valence-corrected chi connectivity index (χ3v) is 6.53. The van der Waals surface area contributed by atoms with Crippen LogP contribution in [0.25, 0.3) is 0 Å². The van der Waals surface area contributed by atoms with Gasteiger partial charge in [0.2, 0.25) is 0 Å². The molecule has 0 radical (unpaired) electrons. The first kappa shape index (κ1) is 22.7. The van der Waals surface area contributed by atoms with Gasteiger partial charge >= 0.3 is 0 Å². The van der Waals surface area contributed by atoms with Gasteiger partial charge in [-0.2, -0.15) is 0 Å². The van der Waals surface area contributed by atoms with E-state index in [-0.39, 0.29) is 33.2 Å². The van der Waals surface area contributed by atoms with Crippen LogP contribution < -0.4 is 14.8 Å². The maximum atomic E-state index is 12.8. The van der Waals surface area contributed by atoms with E-state index in [9.17, 15) is 13.2 Å². The molecule has 164 valence electrons. The summed E-state index contributed by atoms with van der Waals surface area (Å²) in [5.41, 5.74) is 0.886. The highest BCUT2D eigenvalue weighted by atomic mass is 35.5. The van der Waals surface area contributed by atoms with Crippen molar-refractivity contribution in [3.63, 3.8) is 0 Å². The predicted octanol–water partition coefficient (Wildman–Crippen LogP) is 4.42. The van der Waals surface area contributed by atoms with Crippen LogP contribution >= 0.6 is 11.6 Å². The molecular weight excluding hydrogens is 442 g/mol. The van der Waals surface area contributed by atoms with E-state index < -0.39 is 21.5 Å². The molecule has 2 aromatic carbocycles. The number of sulfone groups is 1. The van der Waals surface area contributed by atoms with Crippen molar-refractivity contribution in [3.8, 4) is 11.5 Å². The van der Waals surface area contributed by atoms with Crippen molar-refractivity contribution in [2.45, 2.75) is 23.6 Å². The molecule has 1 N–H and O–H groups in total. The second-order valence-electron chi connectivity index (χ2n) is 6.79. The van der Waals surface area contributed by atoms with Crippen molar-refractivity contribution in [3.05, 3.63) is 76.7 Å². The highest BCUT2D eigenvalue weighted by Gasteiger charge is 2.24. The van der Waals surface area contributed by atoms with Gasteiger partial charge in [0.1, 0.15) is 27.9 Å². The van der Waals surface area contributed by atoms with Crippen molar-refractivity contribution in [1.29, 1.82) is 0 Å². The molecule has 0 aliphatic rings. The monoisotopic (exact) mass is 463 g/mol. The van der Waals surface area contributed by atoms with Crippen molar-refractivity contribution in [2.24, 2.45) is 0 Å². The van der Waals surface area contributed by atoms with Crippen molar-refractivity contribution in [2.75, 3.05) is 14.2 Å². The number of nitrogens with one attached hydrogen (secondary N) is 1. The van der Waals surface area contributed by atoms with Crippen LogP contribution in [0.3, 0.4) is 0 Å². The average Bonchev–Trinajstić information content (AvgIpc) is 3.21. The summed E-state index contributed by atoms with van der Waals surface area (Å²) in [4.78, 5) is 12.5. The van der Waals surface area contributed by atoms with E-state index in [1.165, 1.54) is 31.4 Å². The third-order valence-electron chi connectivity index (χ3n) is 4.64. The van der Waals surface area contributed by atoms with Gasteiger partial charge in [0, 0.05) is 5.02 Å². The van der Waals surface area contributed by atoms with Crippen LogP contribution in [0.15, 0.2) is 63.9 Å². The van der Waals surface area contributed by atoms with Gasteiger partial charge in [0.15, 0.2) is 15.6 Å². The first-order valence-corrected chi connectivity index (χ1v) is 11.4. The lowest BCUT2D eigenvalue weighted by molar-refractivity contribution is 0.0910. The molecule has 0 aliphatic heterocycles. The summed E-state index contributed by atoms with van der Waals surface area (Å²) in [6, 6.07) is 14.3. The fourth-order valence-corrected chi connectivity index (χ4v) is 4.67. The number of ether oxygens (including phenoxy) is 2. The van der Waals surface area contributed by atoms with E-state index in [4.69, 9.17) is 25.5 Å². The Morgan fingerprint density at radius 3 is 2.42 bits per heavy atom. The van der Waals surface area contributed by atoms with Gasteiger partial charge in [0.25, 0.3) is 5.91 Å². The number of hydrogen-bond donors (Lipinski definition) is 1. The molecule has 0 saturated carbocycles. The molecule has 3 aromatic rings. The Kier molecular flexibility index (Phi) is 6.92. The van der Waals surface area contributed by atoms with Crippen LogP contribution in [0.5, 0.6) is 11.5 Å². The fourth-order valence-electron chi connectivity index (χ4n) is 2.98. The van der Waals surface area contributed by atoms with Crippen LogP contribution in [-0.2, 0) is 15.6 Å². The maximum Gasteiger partial charge on any atom is 0.287 e. The Labute approximate surface area is 185 Å². The van der Waals surface area contributed by atoms with E-state index in [1.807, 2.05) is 19.1 Å². The summed E-state index contributed by atoms with van der Waals surface area (Å²) < 4.78 is 41.4. The molecule has 31 heavy (non-hydrogen) atoms. The molecule has 3 rings (SSSR count). The zero-order valence-electron chi connectivity index (χ0n) is 17.2. The smallest absolute Gasteiger partial charge is 0.287 e. The molecule has 7 nitrogen and oxygen atoms in total. The minimum absolute atomic E-state index is 0.0172. The van der Waals surface area contributed by atoms with Gasteiger partial charge in [0.05, 0.1) is 20.3 Å². The van der Waals surface area contributed by atoms with E-state index in [2.05, 4.69) is 5.32 Å². The first-order chi connectivity index (χ1) is 14.7. The third kappa shape index (κ3) is 5.39. The molecule has 1 heterocycles. The average molecular weight is 464 g/mol. The quantitative estimate of drug-likeness (QED) is 0.531. The molecule has 0 fully saturated rings. The lowest BCUT2D eigenvalue weighted by Gasteiger charge is -2.14. The highest BCUT2D eigenvalue weighted by molar-refractivity contribution is 7.90. The highest BCUT2D eigenvalue weighted by Crippen LogP contribution is 2.30. The number of benzene rings is 2. The van der Waals surface area contributed by atoms with E-state index in [1.54, 1.807) is 25.3 Å². The van der Waals surface area contributed by atoms with Crippen LogP contribution in [0.1, 0.15) is 34.8 Å². The number of hydrogen-bond acceptors (Lipinski definition) is 6. The maximum absolute atomic E-state index is 12.8. The predicted molar refractivity (Wildman–Crippen MR) is 116 cm³/mol. The number of halogens is 1. The van der Waals surface area contributed by atoms with Crippen LogP contribution in [0.2, 0.25) is 5.02 Å². The van der Waals surface area contributed by atoms with Crippen molar-refractivity contribution in [1.82, 2.24) is 5.32 Å². The topological polar surface area (TPSA) is 94.8 Å². The molecule has 1 aromatic heterocycles. The molecule has 0 bridgehead atoms. The summed E-state index contributed by atoms with van der Waals surface area (Å²) >= 11 is 5.94. The van der Waals surface area contributed by atoms with Gasteiger partial charge in [-0.15, -0.1) is 0 Å². The number of carbonyl (C=O) groups excluding carboxylic acids is 1. The van der Waals surface area contributed by atoms with Crippen LogP contribution in [0.4, 0.5) is 0 Å². The largest absolute Gasteiger partial charge is 0.497 e. The summed E-state index contributed by atoms with van der Waals surface area (Å²) in [6.45, 7) is 1.83. The van der Waals surface area contributed by atoms with Crippen molar-refractivity contribution >= 4 is 27.3 Å². The Morgan fingerprint density at radius 2 is 1.77 bits per heavy atom. The standard InChI is InChI=1S/C22H22ClNO6S/c1-14(15-4-7-17(28-2)8-5-15)24-22(25)20-11-9-18(30-20)13-31(26,27)21-12-16(23)6-10-19(21)29-3/h4-12,14H,13H2,1-3H3,(H,24,25)/t14-/m1/s1. The number of furan rings is 1. The van der Waals surface area contributed by atoms with Gasteiger partial charge in [-0.1, -0.05) is 23.7 Å². The molecule has 0 unspecified atom stereocenters. The molecular formula is C22H22ClNO6S. The van der Waals surface area contributed by atoms with Crippen molar-refractivity contribution < 1.29 is 27.1 Å². The zero-order valence-corrected chi connectivity index (χ0v) is 18.8. The molecule has 1 atom stereocenters. The van der Waals surface area contributed by atoms with Crippen LogP contribution in [0, 0.1) is 0 Å². The molecule has 1 amide bonds. The Balaban J connectivity index is 1.72. The van der Waals surface area contributed by atoms with Gasteiger partial charge < -0.3 is 19.2 Å². The summed E-state index contributed by atoms with van der Waals surface area (Å²) in [7, 11) is -0.853. The Hall–Kier alpha value is -2.97. The number of carbonyl (C=O) groups is 1. The first-order valence-electron chi connectivity index (χ1n) is 9.33. The van der Waals surface area contributed by atoms with Crippen LogP contribution in [-0.4, -0.2) is 28.5 Å². The second kappa shape index (κ2) is 9.45. The van der Waals surface area contributed by atoms with Gasteiger partial charge in [-0.25, -0.2) is 8.42 Å². The fraction of sp³-hybridized carbons (Fsp3) is 0.227. The van der Waals surface area contributed by atoms with Gasteiger partial charge in [-0.05, 0) is 55.0 Å². The van der Waals surface area contributed by atoms with E-state index in [0.717, 1.165) is 11.3 Å². The molecule has 9 heteroatoms. The Bertz CT molecular complexity index is 1170. The summed E-state index contributed by atoms with van der Waals surface area (Å²) in [6.07, 6.45) is 0. The minimum Gasteiger partial charge on any atom is -0.497 e. The lowest BCUT2D eigenvalue weighted by atomic mass is 10.1. The van der Waals surface area contributed by atoms with Gasteiger partial charge in [-0.3, -0.25) is 4.79 Å². The molecule has 0 spiro atoms. The second-order valence-corrected chi connectivity index (χ2v) is 9.18. The molecule has 0 saturated heterocycles. The summed E-state index contributed by atoms with van der Waals surface area (Å²) in [5.74, 6) is 0.156. The minimum atomic E-state index is -3.81. The van der Waals surface area contributed by atoms with E-state index >= 15 is 0 Å². The number of amides is 1. The normalized spacial score (nSPS) is 12.3. The number of rotatable bonds is 8. The Morgan fingerprint density at radius 1 is 1.06 bits per heavy atom. The SMILES string of the molecule is COc1ccc([C@@H](C)NC(=O)c2ccc(CS(=O)(=O)c3cc(Cl)ccc3OC)o2)cc1.